The molecule has 0 saturated carbocycles. The molecule has 3 heterocycles. The molecule has 0 spiro atoms. The van der Waals surface area contributed by atoms with Crippen molar-refractivity contribution in [3.05, 3.63) is 83.7 Å². The minimum absolute atomic E-state index is 0.0844. The Hall–Kier alpha value is -3.99. The van der Waals surface area contributed by atoms with Crippen molar-refractivity contribution in [2.45, 2.75) is 72.1 Å². The number of imidazole rings is 1. The molecule has 2 aromatic carbocycles. The van der Waals surface area contributed by atoms with E-state index in [1.807, 2.05) is 43.7 Å². The molecule has 0 atom stereocenters. The molecule has 40 heavy (non-hydrogen) atoms. The zero-order valence-corrected chi connectivity index (χ0v) is 25.2. The molecule has 206 valence electrons. The van der Waals surface area contributed by atoms with Crippen LogP contribution >= 0.6 is 0 Å². The Kier molecular flexibility index (Phi) is 6.81. The number of aromatic nitrogens is 4. The second kappa shape index (κ2) is 9.88. The van der Waals surface area contributed by atoms with Gasteiger partial charge in [0.2, 0.25) is 0 Å². The van der Waals surface area contributed by atoms with Crippen LogP contribution in [0, 0.1) is 0 Å². The van der Waals surface area contributed by atoms with Gasteiger partial charge in [0.05, 0.1) is 22.5 Å². The highest BCUT2D eigenvalue weighted by Crippen LogP contribution is 2.43. The Morgan fingerprint density at radius 1 is 0.800 bits per heavy atom. The van der Waals surface area contributed by atoms with Gasteiger partial charge in [-0.1, -0.05) is 67.5 Å². The molecule has 0 saturated heterocycles. The van der Waals surface area contributed by atoms with Crippen molar-refractivity contribution in [1.82, 2.24) is 19.5 Å². The van der Waals surface area contributed by atoms with E-state index in [9.17, 15) is 5.11 Å². The van der Waals surface area contributed by atoms with Crippen LogP contribution in [0.25, 0.3) is 44.9 Å². The first-order valence-corrected chi connectivity index (χ1v) is 14.0. The summed E-state index contributed by atoms with van der Waals surface area (Å²) in [4.78, 5) is 14.6. The Morgan fingerprint density at radius 2 is 1.52 bits per heavy atom. The van der Waals surface area contributed by atoms with Gasteiger partial charge in [-0.25, -0.2) is 4.98 Å². The molecule has 0 aliphatic rings. The van der Waals surface area contributed by atoms with Crippen molar-refractivity contribution in [1.29, 1.82) is 0 Å². The molecule has 0 unspecified atom stereocenters. The van der Waals surface area contributed by atoms with Gasteiger partial charge in [-0.3, -0.25) is 9.97 Å². The molecule has 0 radical (unpaired) electrons. The van der Waals surface area contributed by atoms with Gasteiger partial charge in [-0.15, -0.1) is 0 Å². The second-order valence-electron chi connectivity index (χ2n) is 13.2. The molecule has 0 fully saturated rings. The van der Waals surface area contributed by atoms with E-state index in [1.54, 1.807) is 0 Å². The Morgan fingerprint density at radius 3 is 2.15 bits per heavy atom. The third-order valence-corrected chi connectivity index (χ3v) is 7.68. The number of hydrogen-bond acceptors (Lipinski definition) is 4. The average molecular weight is 533 g/mol. The maximum Gasteiger partial charge on any atom is 0.144 e. The van der Waals surface area contributed by atoms with E-state index in [1.165, 1.54) is 11.1 Å². The fourth-order valence-electron chi connectivity index (χ4n) is 5.18. The number of hydrogen-bond donors (Lipinski definition) is 1. The van der Waals surface area contributed by atoms with E-state index in [0.717, 1.165) is 50.5 Å². The topological polar surface area (TPSA) is 63.8 Å². The lowest BCUT2D eigenvalue weighted by atomic mass is 9.79. The normalized spacial score (nSPS) is 12.4. The molecule has 0 amide bonds. The largest absolute Gasteiger partial charge is 0.507 e. The second-order valence-corrected chi connectivity index (χ2v) is 13.2. The average Bonchev–Trinajstić information content (AvgIpc) is 3.24. The van der Waals surface area contributed by atoms with Crippen LogP contribution in [0.2, 0.25) is 0 Å². The summed E-state index contributed by atoms with van der Waals surface area (Å²) in [6.45, 7) is 17.4. The van der Waals surface area contributed by atoms with Gasteiger partial charge in [0.1, 0.15) is 17.1 Å². The molecular weight excluding hydrogens is 492 g/mol. The predicted molar refractivity (Wildman–Crippen MR) is 166 cm³/mol. The van der Waals surface area contributed by atoms with Crippen LogP contribution in [-0.4, -0.2) is 24.6 Å². The molecule has 0 aliphatic carbocycles. The number of aryl methyl sites for hydroxylation is 1. The van der Waals surface area contributed by atoms with E-state index in [0.29, 0.717) is 5.92 Å². The molecule has 0 bridgehead atoms. The van der Waals surface area contributed by atoms with Gasteiger partial charge in [0.25, 0.3) is 0 Å². The molecule has 3 aromatic heterocycles. The maximum absolute atomic E-state index is 11.6. The number of phenolic OH excluding ortho intramolecular Hbond substituents is 1. The summed E-state index contributed by atoms with van der Waals surface area (Å²) in [5, 5.41) is 11.6. The molecular formula is C35H40N4O. The standard InChI is InChI=1S/C35H40N4O/c1-21(2)22-16-23(28-12-10-11-14-36-28)18-24(17-22)30-31-29(13-15-37-30)39(9)33(38-31)26-19-25(34(3,4)5)20-27(32(26)40)35(6,7)8/h10-21,40H,1-9H3. The van der Waals surface area contributed by atoms with E-state index in [4.69, 9.17) is 9.97 Å². The number of nitrogens with zero attached hydrogens (tertiary/aromatic N) is 4. The van der Waals surface area contributed by atoms with Gasteiger partial charge in [-0.2, -0.15) is 0 Å². The Balaban J connectivity index is 1.77. The zero-order chi connectivity index (χ0) is 29.0. The minimum atomic E-state index is -0.226. The number of rotatable bonds is 4. The lowest BCUT2D eigenvalue weighted by Crippen LogP contribution is -2.17. The van der Waals surface area contributed by atoms with Gasteiger partial charge in [0, 0.05) is 36.1 Å². The van der Waals surface area contributed by atoms with Gasteiger partial charge in [0.15, 0.2) is 0 Å². The first kappa shape index (κ1) is 27.6. The van der Waals surface area contributed by atoms with Crippen molar-refractivity contribution in [3.63, 3.8) is 0 Å². The highest BCUT2D eigenvalue weighted by Gasteiger charge is 2.27. The molecule has 5 heteroatoms. The van der Waals surface area contributed by atoms with Crippen LogP contribution < -0.4 is 0 Å². The zero-order valence-electron chi connectivity index (χ0n) is 25.2. The highest BCUT2D eigenvalue weighted by molar-refractivity contribution is 5.93. The van der Waals surface area contributed by atoms with Crippen LogP contribution in [0.3, 0.4) is 0 Å². The number of benzene rings is 2. The van der Waals surface area contributed by atoms with Crippen LogP contribution in [0.5, 0.6) is 5.75 Å². The monoisotopic (exact) mass is 532 g/mol. The van der Waals surface area contributed by atoms with E-state index in [2.05, 4.69) is 95.3 Å². The first-order chi connectivity index (χ1) is 18.8. The predicted octanol–water partition coefficient (Wildman–Crippen LogP) is 8.79. The van der Waals surface area contributed by atoms with Crippen LogP contribution in [0.1, 0.15) is 78.0 Å². The molecule has 5 rings (SSSR count). The summed E-state index contributed by atoms with van der Waals surface area (Å²) in [6, 6.07) is 18.8. The third-order valence-electron chi connectivity index (χ3n) is 7.68. The van der Waals surface area contributed by atoms with Crippen molar-refractivity contribution in [3.8, 4) is 39.7 Å². The number of pyridine rings is 2. The number of aromatic hydroxyl groups is 1. The number of fused-ring (bicyclic) bond motifs is 1. The van der Waals surface area contributed by atoms with Crippen molar-refractivity contribution >= 4 is 11.0 Å². The van der Waals surface area contributed by atoms with Crippen LogP contribution in [0.15, 0.2) is 67.0 Å². The summed E-state index contributed by atoms with van der Waals surface area (Å²) in [5.41, 5.74) is 9.33. The smallest absolute Gasteiger partial charge is 0.144 e. The lowest BCUT2D eigenvalue weighted by molar-refractivity contribution is 0.446. The highest BCUT2D eigenvalue weighted by atomic mass is 16.3. The van der Waals surface area contributed by atoms with Crippen molar-refractivity contribution < 1.29 is 5.11 Å². The summed E-state index contributed by atoms with van der Waals surface area (Å²) >= 11 is 0. The SMILES string of the molecule is CC(C)c1cc(-c2ccccn2)cc(-c2nccc3c2nc(-c2cc(C(C)(C)C)cc(C(C)(C)C)c2O)n3C)c1. The first-order valence-electron chi connectivity index (χ1n) is 14.0. The van der Waals surface area contributed by atoms with Gasteiger partial charge in [-0.05, 0) is 70.3 Å². The third kappa shape index (κ3) is 5.01. The molecule has 5 aromatic rings. The van der Waals surface area contributed by atoms with Crippen molar-refractivity contribution in [2.24, 2.45) is 7.05 Å². The quantitative estimate of drug-likeness (QED) is 0.251. The van der Waals surface area contributed by atoms with Gasteiger partial charge >= 0.3 is 0 Å². The summed E-state index contributed by atoms with van der Waals surface area (Å²) in [7, 11) is 2.01. The molecule has 5 nitrogen and oxygen atoms in total. The van der Waals surface area contributed by atoms with Gasteiger partial charge < -0.3 is 9.67 Å². The Labute approximate surface area is 238 Å². The fourth-order valence-corrected chi connectivity index (χ4v) is 5.18. The van der Waals surface area contributed by atoms with Crippen LogP contribution in [-0.2, 0) is 17.9 Å². The lowest BCUT2D eigenvalue weighted by Gasteiger charge is -2.27. The molecule has 1 N–H and O–H groups in total. The van der Waals surface area contributed by atoms with E-state index in [-0.39, 0.29) is 16.6 Å². The summed E-state index contributed by atoms with van der Waals surface area (Å²) < 4.78 is 2.07. The summed E-state index contributed by atoms with van der Waals surface area (Å²) in [6.07, 6.45) is 3.67. The summed E-state index contributed by atoms with van der Waals surface area (Å²) in [5.74, 6) is 1.35. The van der Waals surface area contributed by atoms with E-state index >= 15 is 0 Å². The Bertz CT molecular complexity index is 1700. The van der Waals surface area contributed by atoms with E-state index < -0.39 is 0 Å². The van der Waals surface area contributed by atoms with Crippen molar-refractivity contribution in [2.75, 3.05) is 0 Å². The fraction of sp³-hybridized carbons (Fsp3) is 0.343. The molecule has 0 aliphatic heterocycles. The van der Waals surface area contributed by atoms with Crippen LogP contribution in [0.4, 0.5) is 0 Å². The minimum Gasteiger partial charge on any atom is -0.507 e. The number of phenols is 1. The maximum atomic E-state index is 11.6.